The molecular formula is C17H22N4O4. The van der Waals surface area contributed by atoms with Gasteiger partial charge in [0.1, 0.15) is 12.2 Å². The lowest BCUT2D eigenvalue weighted by molar-refractivity contribution is 0.0695. The molecule has 8 heteroatoms. The van der Waals surface area contributed by atoms with Crippen molar-refractivity contribution in [2.45, 2.75) is 25.7 Å². The molecule has 1 aliphatic rings. The molecule has 0 N–H and O–H groups in total. The minimum absolute atomic E-state index is 0.0877. The zero-order valence-corrected chi connectivity index (χ0v) is 14.5. The van der Waals surface area contributed by atoms with Gasteiger partial charge in [-0.2, -0.15) is 4.98 Å². The first-order chi connectivity index (χ1) is 12.2. The molecule has 2 aromatic rings. The third-order valence-corrected chi connectivity index (χ3v) is 4.14. The largest absolute Gasteiger partial charge is 0.475 e. The molecule has 1 fully saturated rings. The average molecular weight is 346 g/mol. The van der Waals surface area contributed by atoms with Gasteiger partial charge in [0.2, 0.25) is 11.8 Å². The number of aryl methyl sites for hydroxylation is 1. The normalized spacial score (nSPS) is 17.5. The van der Waals surface area contributed by atoms with E-state index in [0.717, 1.165) is 12.8 Å². The molecular weight excluding hydrogens is 324 g/mol. The molecule has 0 radical (unpaired) electrons. The van der Waals surface area contributed by atoms with Gasteiger partial charge in [0.05, 0.1) is 6.61 Å². The molecule has 1 amide bonds. The number of nitrogens with zero attached hydrogens (tertiary/aromatic N) is 4. The summed E-state index contributed by atoms with van der Waals surface area (Å²) in [7, 11) is 1.60. The molecule has 0 saturated carbocycles. The lowest BCUT2D eigenvalue weighted by atomic mass is 9.97. The van der Waals surface area contributed by atoms with Gasteiger partial charge in [-0.3, -0.25) is 4.79 Å². The minimum Gasteiger partial charge on any atom is -0.475 e. The van der Waals surface area contributed by atoms with Gasteiger partial charge in [-0.05, 0) is 25.0 Å². The molecule has 3 rings (SSSR count). The SMILES string of the molecule is COCCOc1ncccc1C(=O)N1CCCC(c2noc(C)n2)C1. The van der Waals surface area contributed by atoms with Gasteiger partial charge < -0.3 is 18.9 Å². The number of carbonyl (C=O) groups is 1. The van der Waals surface area contributed by atoms with Gasteiger partial charge in [0.25, 0.3) is 5.91 Å². The van der Waals surface area contributed by atoms with Crippen LogP contribution in [0.2, 0.25) is 0 Å². The molecule has 2 aromatic heterocycles. The predicted octanol–water partition coefficient (Wildman–Crippen LogP) is 1.82. The molecule has 1 unspecified atom stereocenters. The average Bonchev–Trinajstić information content (AvgIpc) is 3.08. The molecule has 0 bridgehead atoms. The molecule has 1 atom stereocenters. The van der Waals surface area contributed by atoms with Crippen LogP contribution in [0.25, 0.3) is 0 Å². The number of piperidine rings is 1. The van der Waals surface area contributed by atoms with Crippen LogP contribution in [-0.2, 0) is 4.74 Å². The molecule has 3 heterocycles. The van der Waals surface area contributed by atoms with Crippen LogP contribution in [0.1, 0.15) is 40.8 Å². The van der Waals surface area contributed by atoms with Crippen LogP contribution in [0.5, 0.6) is 5.88 Å². The van der Waals surface area contributed by atoms with Crippen molar-refractivity contribution < 1.29 is 18.8 Å². The summed E-state index contributed by atoms with van der Waals surface area (Å²) >= 11 is 0. The summed E-state index contributed by atoms with van der Waals surface area (Å²) in [5.41, 5.74) is 0.462. The van der Waals surface area contributed by atoms with E-state index in [1.54, 1.807) is 37.3 Å². The first-order valence-corrected chi connectivity index (χ1v) is 8.35. The Labute approximate surface area is 146 Å². The summed E-state index contributed by atoms with van der Waals surface area (Å²) < 4.78 is 15.6. The van der Waals surface area contributed by atoms with E-state index in [1.807, 2.05) is 0 Å². The van der Waals surface area contributed by atoms with Crippen LogP contribution < -0.4 is 4.74 Å². The number of pyridine rings is 1. The van der Waals surface area contributed by atoms with Gasteiger partial charge in [0, 0.05) is 39.2 Å². The maximum absolute atomic E-state index is 12.9. The fraction of sp³-hybridized carbons (Fsp3) is 0.529. The molecule has 25 heavy (non-hydrogen) atoms. The molecule has 1 aliphatic heterocycles. The van der Waals surface area contributed by atoms with E-state index in [0.29, 0.717) is 49.5 Å². The lowest BCUT2D eigenvalue weighted by Crippen LogP contribution is -2.39. The summed E-state index contributed by atoms with van der Waals surface area (Å²) in [6.07, 6.45) is 3.44. The number of rotatable bonds is 6. The monoisotopic (exact) mass is 346 g/mol. The van der Waals surface area contributed by atoms with Gasteiger partial charge in [0.15, 0.2) is 5.82 Å². The van der Waals surface area contributed by atoms with Crippen molar-refractivity contribution in [1.29, 1.82) is 0 Å². The van der Waals surface area contributed by atoms with Crippen molar-refractivity contribution in [3.8, 4) is 5.88 Å². The maximum atomic E-state index is 12.9. The number of aromatic nitrogens is 3. The number of hydrogen-bond donors (Lipinski definition) is 0. The zero-order chi connectivity index (χ0) is 17.6. The first kappa shape index (κ1) is 17.3. The van der Waals surface area contributed by atoms with Crippen LogP contribution >= 0.6 is 0 Å². The second-order valence-electron chi connectivity index (χ2n) is 5.96. The molecule has 134 valence electrons. The highest BCUT2D eigenvalue weighted by molar-refractivity contribution is 5.96. The van der Waals surface area contributed by atoms with Crippen LogP contribution in [-0.4, -0.2) is 59.3 Å². The number of likely N-dealkylation sites (tertiary alicyclic amines) is 1. The van der Waals surface area contributed by atoms with Gasteiger partial charge in [-0.25, -0.2) is 4.98 Å². The Bertz CT molecular complexity index is 718. The van der Waals surface area contributed by atoms with Crippen molar-refractivity contribution in [1.82, 2.24) is 20.0 Å². The zero-order valence-electron chi connectivity index (χ0n) is 14.5. The van der Waals surface area contributed by atoms with Crippen LogP contribution in [0.15, 0.2) is 22.9 Å². The van der Waals surface area contributed by atoms with Crippen molar-refractivity contribution in [3.63, 3.8) is 0 Å². The second-order valence-corrected chi connectivity index (χ2v) is 5.96. The number of carbonyl (C=O) groups excluding carboxylic acids is 1. The molecule has 0 spiro atoms. The number of amides is 1. The molecule has 0 aromatic carbocycles. The molecule has 1 saturated heterocycles. The Morgan fingerprint density at radius 1 is 1.44 bits per heavy atom. The maximum Gasteiger partial charge on any atom is 0.259 e. The Morgan fingerprint density at radius 2 is 2.32 bits per heavy atom. The summed E-state index contributed by atoms with van der Waals surface area (Å²) in [6, 6.07) is 3.47. The van der Waals surface area contributed by atoms with E-state index >= 15 is 0 Å². The van der Waals surface area contributed by atoms with Crippen LogP contribution in [0, 0.1) is 6.92 Å². The number of hydrogen-bond acceptors (Lipinski definition) is 7. The Balaban J connectivity index is 1.72. The predicted molar refractivity (Wildman–Crippen MR) is 88.5 cm³/mol. The highest BCUT2D eigenvalue weighted by Gasteiger charge is 2.29. The summed E-state index contributed by atoms with van der Waals surface area (Å²) in [6.45, 7) is 3.80. The third-order valence-electron chi connectivity index (χ3n) is 4.14. The lowest BCUT2D eigenvalue weighted by Gasteiger charge is -2.31. The van der Waals surface area contributed by atoms with Crippen molar-refractivity contribution in [3.05, 3.63) is 35.6 Å². The summed E-state index contributed by atoms with van der Waals surface area (Å²) in [5.74, 6) is 1.54. The minimum atomic E-state index is -0.0922. The van der Waals surface area contributed by atoms with Gasteiger partial charge in [-0.15, -0.1) is 0 Å². The van der Waals surface area contributed by atoms with E-state index in [-0.39, 0.29) is 11.8 Å². The quantitative estimate of drug-likeness (QED) is 0.737. The fourth-order valence-corrected chi connectivity index (χ4v) is 2.91. The van der Waals surface area contributed by atoms with Crippen molar-refractivity contribution in [2.24, 2.45) is 0 Å². The third kappa shape index (κ3) is 4.14. The summed E-state index contributed by atoms with van der Waals surface area (Å²) in [4.78, 5) is 23.2. The number of methoxy groups -OCH3 is 1. The first-order valence-electron chi connectivity index (χ1n) is 8.35. The van der Waals surface area contributed by atoms with Gasteiger partial charge in [-0.1, -0.05) is 5.16 Å². The standard InChI is InChI=1S/C17H22N4O4/c1-12-19-15(20-25-12)13-5-4-8-21(11-13)17(22)14-6-3-7-18-16(14)24-10-9-23-2/h3,6-7,13H,4-5,8-11H2,1-2H3. The van der Waals surface area contributed by atoms with E-state index < -0.39 is 0 Å². The van der Waals surface area contributed by atoms with E-state index in [2.05, 4.69) is 15.1 Å². The van der Waals surface area contributed by atoms with Crippen molar-refractivity contribution >= 4 is 5.91 Å². The fourth-order valence-electron chi connectivity index (χ4n) is 2.91. The smallest absolute Gasteiger partial charge is 0.259 e. The van der Waals surface area contributed by atoms with E-state index in [9.17, 15) is 4.79 Å². The Morgan fingerprint density at radius 3 is 3.08 bits per heavy atom. The Kier molecular flexibility index (Phi) is 5.60. The topological polar surface area (TPSA) is 90.6 Å². The van der Waals surface area contributed by atoms with Crippen LogP contribution in [0.4, 0.5) is 0 Å². The van der Waals surface area contributed by atoms with Crippen LogP contribution in [0.3, 0.4) is 0 Å². The number of ether oxygens (including phenoxy) is 2. The highest BCUT2D eigenvalue weighted by Crippen LogP contribution is 2.27. The van der Waals surface area contributed by atoms with E-state index in [1.165, 1.54) is 0 Å². The Hall–Kier alpha value is -2.48. The second kappa shape index (κ2) is 8.06. The molecule has 8 nitrogen and oxygen atoms in total. The van der Waals surface area contributed by atoms with Crippen molar-refractivity contribution in [2.75, 3.05) is 33.4 Å². The highest BCUT2D eigenvalue weighted by atomic mass is 16.5. The summed E-state index contributed by atoms with van der Waals surface area (Å²) in [5, 5.41) is 4.00. The van der Waals surface area contributed by atoms with Gasteiger partial charge >= 0.3 is 0 Å². The molecule has 0 aliphatic carbocycles. The van der Waals surface area contributed by atoms with E-state index in [4.69, 9.17) is 14.0 Å².